The Labute approximate surface area is 248 Å². The molecule has 0 spiro atoms. The van der Waals surface area contributed by atoms with Gasteiger partial charge in [-0.15, -0.1) is 0 Å². The molecule has 2 unspecified atom stereocenters. The molecule has 0 aromatic carbocycles. The van der Waals surface area contributed by atoms with Gasteiger partial charge in [0.15, 0.2) is 0 Å². The Bertz CT molecular complexity index is 565. The Kier molecular flexibility index (Phi) is 24.9. The van der Waals surface area contributed by atoms with Crippen molar-refractivity contribution < 1.29 is 19.3 Å². The van der Waals surface area contributed by atoms with Crippen molar-refractivity contribution >= 4 is 35.5 Å². The number of thioether (sulfide) groups is 2. The summed E-state index contributed by atoms with van der Waals surface area (Å²) >= 11 is 3.29. The van der Waals surface area contributed by atoms with Gasteiger partial charge in [-0.05, 0) is 49.7 Å². The third kappa shape index (κ3) is 19.3. The molecule has 0 aliphatic carbocycles. The van der Waals surface area contributed by atoms with E-state index >= 15 is 0 Å². The first-order chi connectivity index (χ1) is 18.8. The zero-order valence-corrected chi connectivity index (χ0v) is 27.3. The van der Waals surface area contributed by atoms with E-state index in [0.29, 0.717) is 25.7 Å². The van der Waals surface area contributed by atoms with Crippen molar-refractivity contribution in [3.63, 3.8) is 0 Å². The molecule has 0 saturated heterocycles. The van der Waals surface area contributed by atoms with Crippen molar-refractivity contribution in [2.75, 3.05) is 24.0 Å². The molecule has 0 rings (SSSR count). The first kappa shape index (κ1) is 38.5. The Morgan fingerprint density at radius 1 is 0.564 bits per heavy atom. The normalized spacial score (nSPS) is 14.5. The largest absolute Gasteiger partial charge is 0.348 e. The minimum absolute atomic E-state index is 0.506. The van der Waals surface area contributed by atoms with E-state index in [4.69, 9.17) is 21.1 Å². The molecule has 2 atom stereocenters. The number of nitrogens with one attached hydrogen (secondary N) is 1. The van der Waals surface area contributed by atoms with Gasteiger partial charge in [-0.25, -0.2) is 9.59 Å². The van der Waals surface area contributed by atoms with E-state index in [1.165, 1.54) is 64.2 Å². The Hall–Kier alpha value is -0.480. The smallest absolute Gasteiger partial charge is 0.333 e. The third-order valence-electron chi connectivity index (χ3n) is 7.54. The second-order valence-corrected chi connectivity index (χ2v) is 13.1. The van der Waals surface area contributed by atoms with Crippen molar-refractivity contribution in [3.05, 3.63) is 0 Å². The van der Waals surface area contributed by atoms with E-state index in [-0.39, 0.29) is 0 Å². The first-order valence-electron chi connectivity index (χ1n) is 15.5. The monoisotopic (exact) mass is 591 g/mol. The SMILES string of the molecule is CCCCCCCCCCC(N)(CCSC)C(=O)ONOC(=O)C(N)(CCCCCCCCCC)CCSC. The Morgan fingerprint density at radius 2 is 0.872 bits per heavy atom. The van der Waals surface area contributed by atoms with Crippen LogP contribution < -0.4 is 17.1 Å². The summed E-state index contributed by atoms with van der Waals surface area (Å²) < 4.78 is 0. The van der Waals surface area contributed by atoms with E-state index in [1.54, 1.807) is 23.5 Å². The molecular weight excluding hydrogens is 530 g/mol. The highest BCUT2D eigenvalue weighted by molar-refractivity contribution is 7.98. The van der Waals surface area contributed by atoms with E-state index < -0.39 is 23.0 Å². The van der Waals surface area contributed by atoms with Crippen LogP contribution in [-0.2, 0) is 19.3 Å². The number of carbonyl (C=O) groups is 2. The minimum Gasteiger partial charge on any atom is -0.333 e. The van der Waals surface area contributed by atoms with Crippen LogP contribution in [0.5, 0.6) is 0 Å². The second-order valence-electron chi connectivity index (χ2n) is 11.1. The van der Waals surface area contributed by atoms with Crippen molar-refractivity contribution in [1.82, 2.24) is 5.64 Å². The molecule has 0 aliphatic rings. The van der Waals surface area contributed by atoms with Crippen LogP contribution in [0.2, 0.25) is 0 Å². The van der Waals surface area contributed by atoms with Crippen LogP contribution in [0.25, 0.3) is 0 Å². The van der Waals surface area contributed by atoms with Gasteiger partial charge in [0.2, 0.25) is 0 Å². The summed E-state index contributed by atoms with van der Waals surface area (Å²) in [5.74, 6) is 0.313. The van der Waals surface area contributed by atoms with Gasteiger partial charge in [0.25, 0.3) is 0 Å². The maximum atomic E-state index is 12.9. The Morgan fingerprint density at radius 3 is 1.18 bits per heavy atom. The number of carbonyl (C=O) groups excluding carboxylic acids is 2. The van der Waals surface area contributed by atoms with E-state index in [0.717, 1.165) is 50.0 Å². The van der Waals surface area contributed by atoms with Crippen LogP contribution in [0.1, 0.15) is 142 Å². The van der Waals surface area contributed by atoms with Gasteiger partial charge in [-0.2, -0.15) is 23.5 Å². The van der Waals surface area contributed by atoms with Crippen LogP contribution in [0.3, 0.4) is 0 Å². The van der Waals surface area contributed by atoms with Crippen LogP contribution in [0, 0.1) is 0 Å². The molecule has 0 saturated carbocycles. The molecule has 0 aromatic heterocycles. The van der Waals surface area contributed by atoms with Crippen molar-refractivity contribution in [1.29, 1.82) is 0 Å². The molecule has 0 aromatic rings. The molecule has 0 aliphatic heterocycles. The maximum Gasteiger partial charge on any atom is 0.348 e. The fourth-order valence-electron chi connectivity index (χ4n) is 4.68. The highest BCUT2D eigenvalue weighted by atomic mass is 32.2. The zero-order chi connectivity index (χ0) is 29.2. The Balaban J connectivity index is 4.64. The molecule has 7 nitrogen and oxygen atoms in total. The van der Waals surface area contributed by atoms with Gasteiger partial charge in [0.1, 0.15) is 11.1 Å². The number of nitrogens with two attached hydrogens (primary N) is 2. The lowest BCUT2D eigenvalue weighted by molar-refractivity contribution is -0.206. The lowest BCUT2D eigenvalue weighted by Crippen LogP contribution is -2.53. The number of rotatable bonds is 28. The maximum absolute atomic E-state index is 12.9. The number of hydrogen-bond acceptors (Lipinski definition) is 9. The average molecular weight is 592 g/mol. The van der Waals surface area contributed by atoms with Crippen molar-refractivity contribution in [2.45, 2.75) is 153 Å². The van der Waals surface area contributed by atoms with E-state index in [9.17, 15) is 9.59 Å². The van der Waals surface area contributed by atoms with E-state index in [1.807, 2.05) is 12.5 Å². The quantitative estimate of drug-likeness (QED) is 0.0629. The first-order valence-corrected chi connectivity index (χ1v) is 18.3. The number of unbranched alkanes of at least 4 members (excludes halogenated alkanes) is 14. The fraction of sp³-hybridized carbons (Fsp3) is 0.933. The summed E-state index contributed by atoms with van der Waals surface area (Å²) in [6.45, 7) is 4.45. The highest BCUT2D eigenvalue weighted by Crippen LogP contribution is 2.23. The topological polar surface area (TPSA) is 117 Å². The number of hydrogen-bond donors (Lipinski definition) is 3. The van der Waals surface area contributed by atoms with Crippen molar-refractivity contribution in [3.8, 4) is 0 Å². The molecular formula is C30H61N3O4S2. The predicted octanol–water partition coefficient (Wildman–Crippen LogP) is 7.46. The fourth-order valence-corrected chi connectivity index (χ4v) is 5.81. The van der Waals surface area contributed by atoms with Crippen LogP contribution in [0.4, 0.5) is 0 Å². The zero-order valence-electron chi connectivity index (χ0n) is 25.7. The average Bonchev–Trinajstić information content (AvgIpc) is 2.93. The predicted molar refractivity (Wildman–Crippen MR) is 170 cm³/mol. The molecule has 0 fully saturated rings. The molecule has 0 radical (unpaired) electrons. The van der Waals surface area contributed by atoms with Gasteiger partial charge >= 0.3 is 11.9 Å². The van der Waals surface area contributed by atoms with E-state index in [2.05, 4.69) is 19.5 Å². The molecule has 9 heteroatoms. The molecule has 232 valence electrons. The summed E-state index contributed by atoms with van der Waals surface area (Å²) in [6, 6.07) is 0. The summed E-state index contributed by atoms with van der Waals surface area (Å²) in [5.41, 5.74) is 12.9. The highest BCUT2D eigenvalue weighted by Gasteiger charge is 2.37. The molecule has 0 bridgehead atoms. The van der Waals surface area contributed by atoms with Crippen LogP contribution in [-0.4, -0.2) is 47.0 Å². The lowest BCUT2D eigenvalue weighted by atomic mass is 9.90. The standard InChI is InChI=1S/C30H61N3O4S2/c1-5-7-9-11-13-15-17-19-21-29(31,23-25-38-3)27(34)36-33-37-28(35)30(32,24-26-39-4)22-20-18-16-14-12-10-8-6-2/h33H,5-26,31-32H2,1-4H3. The van der Waals surface area contributed by atoms with Crippen LogP contribution >= 0.6 is 23.5 Å². The van der Waals surface area contributed by atoms with Crippen LogP contribution in [0.15, 0.2) is 0 Å². The van der Waals surface area contributed by atoms with Gasteiger partial charge in [0.05, 0.1) is 0 Å². The molecule has 5 N–H and O–H groups in total. The second kappa shape index (κ2) is 25.2. The summed E-state index contributed by atoms with van der Waals surface area (Å²) in [6.07, 6.45) is 24.9. The van der Waals surface area contributed by atoms with Gasteiger partial charge < -0.3 is 21.1 Å². The minimum atomic E-state index is -1.11. The summed E-state index contributed by atoms with van der Waals surface area (Å²) in [7, 11) is 0. The summed E-state index contributed by atoms with van der Waals surface area (Å²) in [5, 5.41) is 0. The third-order valence-corrected chi connectivity index (χ3v) is 8.76. The summed E-state index contributed by atoms with van der Waals surface area (Å²) in [4.78, 5) is 36.1. The molecule has 39 heavy (non-hydrogen) atoms. The lowest BCUT2D eigenvalue weighted by Gasteiger charge is -2.28. The van der Waals surface area contributed by atoms with Gasteiger partial charge in [-0.1, -0.05) is 117 Å². The van der Waals surface area contributed by atoms with Gasteiger partial charge in [-0.3, -0.25) is 0 Å². The molecule has 0 amide bonds. The van der Waals surface area contributed by atoms with Crippen molar-refractivity contribution in [2.24, 2.45) is 11.5 Å². The van der Waals surface area contributed by atoms with Gasteiger partial charge in [0, 0.05) is 5.64 Å². The molecule has 0 heterocycles.